The van der Waals surface area contributed by atoms with E-state index in [0.29, 0.717) is 6.61 Å². The lowest BCUT2D eigenvalue weighted by molar-refractivity contribution is 0.286. The van der Waals surface area contributed by atoms with Gasteiger partial charge < -0.3 is 20.1 Å². The number of rotatable bonds is 8. The van der Waals surface area contributed by atoms with E-state index in [1.54, 1.807) is 0 Å². The predicted molar refractivity (Wildman–Crippen MR) is 91.7 cm³/mol. The van der Waals surface area contributed by atoms with E-state index in [1.165, 1.54) is 36.9 Å². The first-order valence-corrected chi connectivity index (χ1v) is 8.67. The number of aliphatic hydroxyl groups excluding tert-OH is 1. The molecule has 22 heavy (non-hydrogen) atoms. The number of aliphatic hydroxyl groups is 1. The van der Waals surface area contributed by atoms with Crippen LogP contribution in [0.1, 0.15) is 44.6 Å². The van der Waals surface area contributed by atoms with E-state index < -0.39 is 0 Å². The molecule has 1 aromatic carbocycles. The van der Waals surface area contributed by atoms with Crippen molar-refractivity contribution in [2.75, 3.05) is 37.7 Å². The van der Waals surface area contributed by atoms with Gasteiger partial charge in [-0.05, 0) is 50.4 Å². The van der Waals surface area contributed by atoms with Gasteiger partial charge in [-0.15, -0.1) is 0 Å². The molecule has 2 rings (SSSR count). The van der Waals surface area contributed by atoms with Crippen LogP contribution in [0.3, 0.4) is 0 Å². The van der Waals surface area contributed by atoms with Crippen molar-refractivity contribution in [2.45, 2.75) is 45.6 Å². The third-order valence-electron chi connectivity index (χ3n) is 4.11. The molecule has 1 heterocycles. The zero-order valence-corrected chi connectivity index (χ0v) is 13.8. The molecule has 0 radical (unpaired) electrons. The monoisotopic (exact) mass is 306 g/mol. The summed E-state index contributed by atoms with van der Waals surface area (Å²) in [7, 11) is 0. The summed E-state index contributed by atoms with van der Waals surface area (Å²) in [6.45, 7) is 6.91. The number of nitrogens with one attached hydrogen (secondary N) is 1. The number of anilines is 1. The zero-order chi connectivity index (χ0) is 15.6. The molecule has 1 aliphatic rings. The van der Waals surface area contributed by atoms with Crippen LogP contribution in [-0.4, -0.2) is 38.0 Å². The molecule has 0 spiro atoms. The molecule has 4 heteroatoms. The highest BCUT2D eigenvalue weighted by Crippen LogP contribution is 2.31. The number of ether oxygens (including phenoxy) is 1. The van der Waals surface area contributed by atoms with Crippen molar-refractivity contribution in [3.05, 3.63) is 23.8 Å². The van der Waals surface area contributed by atoms with Crippen molar-refractivity contribution in [1.29, 1.82) is 0 Å². The van der Waals surface area contributed by atoms with Crippen LogP contribution in [-0.2, 0) is 6.54 Å². The lowest BCUT2D eigenvalue weighted by Crippen LogP contribution is -2.24. The second-order valence-corrected chi connectivity index (χ2v) is 5.89. The summed E-state index contributed by atoms with van der Waals surface area (Å²) in [5.41, 5.74) is 2.47. The number of benzene rings is 1. The molecule has 1 aromatic rings. The average molecular weight is 306 g/mol. The van der Waals surface area contributed by atoms with E-state index in [4.69, 9.17) is 9.84 Å². The maximum absolute atomic E-state index is 8.82. The molecule has 4 nitrogen and oxygen atoms in total. The van der Waals surface area contributed by atoms with Crippen molar-refractivity contribution in [3.63, 3.8) is 0 Å². The van der Waals surface area contributed by atoms with E-state index in [1.807, 2.05) is 6.92 Å². The van der Waals surface area contributed by atoms with Crippen molar-refractivity contribution in [2.24, 2.45) is 0 Å². The average Bonchev–Trinajstić information content (AvgIpc) is 2.81. The van der Waals surface area contributed by atoms with Crippen molar-refractivity contribution < 1.29 is 9.84 Å². The van der Waals surface area contributed by atoms with Crippen LogP contribution in [0.5, 0.6) is 5.75 Å². The largest absolute Gasteiger partial charge is 0.492 e. The highest BCUT2D eigenvalue weighted by Gasteiger charge is 2.14. The highest BCUT2D eigenvalue weighted by atomic mass is 16.5. The Morgan fingerprint density at radius 2 is 1.95 bits per heavy atom. The lowest BCUT2D eigenvalue weighted by atomic mass is 10.1. The Kier molecular flexibility index (Phi) is 7.54. The van der Waals surface area contributed by atoms with Gasteiger partial charge in [-0.3, -0.25) is 0 Å². The van der Waals surface area contributed by atoms with Crippen LogP contribution < -0.4 is 15.0 Å². The minimum Gasteiger partial charge on any atom is -0.492 e. The van der Waals surface area contributed by atoms with Crippen molar-refractivity contribution >= 4 is 5.69 Å². The molecule has 2 N–H and O–H groups in total. The highest BCUT2D eigenvalue weighted by molar-refractivity contribution is 5.60. The molecule has 0 unspecified atom stereocenters. The molecule has 124 valence electrons. The van der Waals surface area contributed by atoms with E-state index in [-0.39, 0.29) is 6.61 Å². The molecular weight excluding hydrogens is 276 g/mol. The smallest absolute Gasteiger partial charge is 0.142 e. The van der Waals surface area contributed by atoms with Crippen LogP contribution in [0.25, 0.3) is 0 Å². The minimum atomic E-state index is 0.241. The third-order valence-corrected chi connectivity index (χ3v) is 4.11. The summed E-state index contributed by atoms with van der Waals surface area (Å²) in [5.74, 6) is 1.01. The molecule has 0 aromatic heterocycles. The zero-order valence-electron chi connectivity index (χ0n) is 13.8. The van der Waals surface area contributed by atoms with Gasteiger partial charge in [-0.25, -0.2) is 0 Å². The summed E-state index contributed by atoms with van der Waals surface area (Å²) in [6, 6.07) is 6.56. The second-order valence-electron chi connectivity index (χ2n) is 5.89. The summed E-state index contributed by atoms with van der Waals surface area (Å²) in [4.78, 5) is 2.47. The molecule has 0 bridgehead atoms. The molecule has 1 fully saturated rings. The Morgan fingerprint density at radius 3 is 2.64 bits per heavy atom. The third kappa shape index (κ3) is 5.18. The van der Waals surface area contributed by atoms with E-state index >= 15 is 0 Å². The van der Waals surface area contributed by atoms with Crippen molar-refractivity contribution in [1.82, 2.24) is 5.32 Å². The first-order valence-electron chi connectivity index (χ1n) is 8.67. The predicted octanol–water partition coefficient (Wildman–Crippen LogP) is 2.94. The molecule has 0 amide bonds. The van der Waals surface area contributed by atoms with Gasteiger partial charge in [-0.2, -0.15) is 0 Å². The fourth-order valence-corrected chi connectivity index (χ4v) is 2.95. The van der Waals surface area contributed by atoms with Gasteiger partial charge in [0.1, 0.15) is 5.75 Å². The Bertz CT molecular complexity index is 429. The van der Waals surface area contributed by atoms with Crippen LogP contribution >= 0.6 is 0 Å². The van der Waals surface area contributed by atoms with Gasteiger partial charge in [-0.1, -0.05) is 18.9 Å². The Balaban J connectivity index is 2.05. The van der Waals surface area contributed by atoms with Crippen LogP contribution in [0.2, 0.25) is 0 Å². The Labute approximate surface area is 134 Å². The number of hydrogen-bond acceptors (Lipinski definition) is 4. The fourth-order valence-electron chi connectivity index (χ4n) is 2.95. The summed E-state index contributed by atoms with van der Waals surface area (Å²) in [5, 5.41) is 12.2. The summed E-state index contributed by atoms with van der Waals surface area (Å²) < 4.78 is 5.89. The SMILES string of the molecule is CCOc1cc(CNCCCO)ccc1N1CCCCCC1. The second kappa shape index (κ2) is 9.70. The van der Waals surface area contributed by atoms with Crippen LogP contribution in [0, 0.1) is 0 Å². The van der Waals surface area contributed by atoms with Gasteiger partial charge >= 0.3 is 0 Å². The van der Waals surface area contributed by atoms with Gasteiger partial charge in [0, 0.05) is 26.2 Å². The normalized spacial score (nSPS) is 15.6. The fraction of sp³-hybridized carbons (Fsp3) is 0.667. The Morgan fingerprint density at radius 1 is 1.18 bits per heavy atom. The van der Waals surface area contributed by atoms with E-state index in [0.717, 1.165) is 38.3 Å². The van der Waals surface area contributed by atoms with E-state index in [9.17, 15) is 0 Å². The minimum absolute atomic E-state index is 0.241. The molecular formula is C18H30N2O2. The molecule has 0 atom stereocenters. The maximum atomic E-state index is 8.82. The number of nitrogens with zero attached hydrogens (tertiary/aromatic N) is 1. The first kappa shape index (κ1) is 17.1. The number of hydrogen-bond donors (Lipinski definition) is 2. The first-order chi connectivity index (χ1) is 10.8. The quantitative estimate of drug-likeness (QED) is 0.725. The van der Waals surface area contributed by atoms with Gasteiger partial charge in [0.05, 0.1) is 12.3 Å². The topological polar surface area (TPSA) is 44.7 Å². The lowest BCUT2D eigenvalue weighted by Gasteiger charge is -2.25. The standard InChI is InChI=1S/C18H30N2O2/c1-2-22-18-14-16(15-19-10-7-13-21)8-9-17(18)20-11-5-3-4-6-12-20/h8-9,14,19,21H,2-7,10-13,15H2,1H3. The molecule has 1 saturated heterocycles. The van der Waals surface area contributed by atoms with Gasteiger partial charge in [0.2, 0.25) is 0 Å². The summed E-state index contributed by atoms with van der Waals surface area (Å²) >= 11 is 0. The maximum Gasteiger partial charge on any atom is 0.142 e. The van der Waals surface area contributed by atoms with Crippen LogP contribution in [0.4, 0.5) is 5.69 Å². The molecule has 0 saturated carbocycles. The van der Waals surface area contributed by atoms with Crippen molar-refractivity contribution in [3.8, 4) is 5.75 Å². The van der Waals surface area contributed by atoms with E-state index in [2.05, 4.69) is 28.4 Å². The van der Waals surface area contributed by atoms with Gasteiger partial charge in [0.25, 0.3) is 0 Å². The molecule has 1 aliphatic heterocycles. The Hall–Kier alpha value is -1.26. The van der Waals surface area contributed by atoms with Crippen LogP contribution in [0.15, 0.2) is 18.2 Å². The summed E-state index contributed by atoms with van der Waals surface area (Å²) in [6.07, 6.45) is 6.02. The molecule has 0 aliphatic carbocycles. The van der Waals surface area contributed by atoms with Gasteiger partial charge in [0.15, 0.2) is 0 Å².